The second-order valence-electron chi connectivity index (χ2n) is 5.58. The fourth-order valence-corrected chi connectivity index (χ4v) is 2.35. The molecule has 0 spiro atoms. The Kier molecular flexibility index (Phi) is 5.38. The zero-order valence-electron chi connectivity index (χ0n) is 12.8. The van der Waals surface area contributed by atoms with Crippen molar-refractivity contribution < 1.29 is 24.2 Å². The molecule has 1 heterocycles. The quantitative estimate of drug-likeness (QED) is 0.857. The fraction of sp³-hybridized carbons (Fsp3) is 0.500. The van der Waals surface area contributed by atoms with Gasteiger partial charge >= 0.3 is 12.1 Å². The highest BCUT2D eigenvalue weighted by Crippen LogP contribution is 2.21. The Balaban J connectivity index is 1.95. The van der Waals surface area contributed by atoms with Crippen LogP contribution in [-0.2, 0) is 20.9 Å². The van der Waals surface area contributed by atoms with Crippen molar-refractivity contribution in [2.24, 2.45) is 0 Å². The Bertz CT molecular complexity index is 517. The summed E-state index contributed by atoms with van der Waals surface area (Å²) in [6.45, 7) is 3.67. The summed E-state index contributed by atoms with van der Waals surface area (Å²) in [7, 11) is 0. The minimum absolute atomic E-state index is 0.0749. The van der Waals surface area contributed by atoms with E-state index in [-0.39, 0.29) is 25.7 Å². The topological polar surface area (TPSA) is 76.1 Å². The number of hydrogen-bond donors (Lipinski definition) is 1. The number of β-amino-alcohol motifs (C(OH)–C–C–N with tert-alkyl or cyclic N) is 1. The first-order valence-corrected chi connectivity index (χ1v) is 7.33. The van der Waals surface area contributed by atoms with Crippen molar-refractivity contribution in [3.63, 3.8) is 0 Å². The van der Waals surface area contributed by atoms with Crippen LogP contribution in [0, 0.1) is 0 Å². The molecule has 0 aliphatic carbocycles. The molecule has 1 N–H and O–H groups in total. The van der Waals surface area contributed by atoms with Crippen LogP contribution in [0.25, 0.3) is 0 Å². The number of hydrogen-bond acceptors (Lipinski definition) is 5. The van der Waals surface area contributed by atoms with Gasteiger partial charge in [0, 0.05) is 6.42 Å². The summed E-state index contributed by atoms with van der Waals surface area (Å²) in [4.78, 5) is 25.4. The highest BCUT2D eigenvalue weighted by atomic mass is 16.6. The van der Waals surface area contributed by atoms with E-state index < -0.39 is 24.2 Å². The number of aliphatic hydroxyl groups is 1. The molecule has 1 saturated heterocycles. The van der Waals surface area contributed by atoms with Crippen LogP contribution < -0.4 is 0 Å². The van der Waals surface area contributed by atoms with Gasteiger partial charge in [-0.05, 0) is 19.4 Å². The predicted molar refractivity (Wildman–Crippen MR) is 79.0 cm³/mol. The van der Waals surface area contributed by atoms with E-state index in [2.05, 4.69) is 0 Å². The van der Waals surface area contributed by atoms with E-state index in [0.29, 0.717) is 0 Å². The lowest BCUT2D eigenvalue weighted by atomic mass is 10.2. The maximum Gasteiger partial charge on any atom is 0.410 e. The van der Waals surface area contributed by atoms with Crippen LogP contribution in [0.1, 0.15) is 25.8 Å². The number of amides is 1. The van der Waals surface area contributed by atoms with Gasteiger partial charge in [0.05, 0.1) is 18.8 Å². The van der Waals surface area contributed by atoms with Gasteiger partial charge in [0.1, 0.15) is 12.6 Å². The van der Waals surface area contributed by atoms with Crippen LogP contribution in [0.15, 0.2) is 30.3 Å². The molecule has 1 aromatic rings. The number of rotatable bonds is 4. The van der Waals surface area contributed by atoms with Gasteiger partial charge in [-0.2, -0.15) is 0 Å². The molecule has 6 nitrogen and oxygen atoms in total. The Morgan fingerprint density at radius 3 is 2.64 bits per heavy atom. The molecule has 0 bridgehead atoms. The third-order valence-electron chi connectivity index (χ3n) is 3.34. The fourth-order valence-electron chi connectivity index (χ4n) is 2.35. The number of carbonyl (C=O) groups excluding carboxylic acids is 2. The molecule has 22 heavy (non-hydrogen) atoms. The molecule has 120 valence electrons. The summed E-state index contributed by atoms with van der Waals surface area (Å²) in [6.07, 6.45) is -1.46. The zero-order valence-corrected chi connectivity index (χ0v) is 12.8. The average Bonchev–Trinajstić information content (AvgIpc) is 2.87. The summed E-state index contributed by atoms with van der Waals surface area (Å²) < 4.78 is 10.3. The van der Waals surface area contributed by atoms with Crippen LogP contribution in [0.3, 0.4) is 0 Å². The number of carbonyl (C=O) groups is 2. The highest BCUT2D eigenvalue weighted by Gasteiger charge is 2.41. The van der Waals surface area contributed by atoms with E-state index >= 15 is 0 Å². The Morgan fingerprint density at radius 2 is 2.00 bits per heavy atom. The van der Waals surface area contributed by atoms with E-state index in [0.717, 1.165) is 5.56 Å². The van der Waals surface area contributed by atoms with Crippen molar-refractivity contribution in [1.82, 2.24) is 4.90 Å². The van der Waals surface area contributed by atoms with Crippen LogP contribution in [0.5, 0.6) is 0 Å². The summed E-state index contributed by atoms with van der Waals surface area (Å²) in [6, 6.07) is 8.48. The summed E-state index contributed by atoms with van der Waals surface area (Å²) in [5, 5.41) is 9.73. The molecule has 2 atom stereocenters. The van der Waals surface area contributed by atoms with Crippen LogP contribution in [0.2, 0.25) is 0 Å². The molecule has 0 radical (unpaired) electrons. The number of aliphatic hydroxyl groups excluding tert-OH is 1. The second kappa shape index (κ2) is 7.26. The van der Waals surface area contributed by atoms with Gasteiger partial charge in [0.15, 0.2) is 0 Å². The maximum absolute atomic E-state index is 12.1. The molecule has 0 saturated carbocycles. The lowest BCUT2D eigenvalue weighted by molar-refractivity contribution is -0.152. The molecule has 1 amide bonds. The van der Waals surface area contributed by atoms with Crippen LogP contribution >= 0.6 is 0 Å². The summed E-state index contributed by atoms with van der Waals surface area (Å²) in [5.41, 5.74) is 0.858. The van der Waals surface area contributed by atoms with E-state index in [1.165, 1.54) is 4.90 Å². The maximum atomic E-state index is 12.1. The van der Waals surface area contributed by atoms with Crippen molar-refractivity contribution in [3.8, 4) is 0 Å². The van der Waals surface area contributed by atoms with E-state index in [4.69, 9.17) is 9.47 Å². The molecule has 6 heteroatoms. The first-order chi connectivity index (χ1) is 10.5. The first-order valence-electron chi connectivity index (χ1n) is 7.33. The van der Waals surface area contributed by atoms with Gasteiger partial charge in [-0.15, -0.1) is 0 Å². The average molecular weight is 307 g/mol. The Hall–Kier alpha value is -2.08. The van der Waals surface area contributed by atoms with Crippen LogP contribution in [-0.4, -0.2) is 46.9 Å². The number of likely N-dealkylation sites (tertiary alicyclic amines) is 1. The predicted octanol–water partition coefficient (Wildman–Crippen LogP) is 1.71. The number of nitrogens with zero attached hydrogens (tertiary/aromatic N) is 1. The molecule has 1 unspecified atom stereocenters. The third-order valence-corrected chi connectivity index (χ3v) is 3.34. The normalized spacial score (nSPS) is 21.0. The molecule has 2 rings (SSSR count). The standard InChI is InChI=1S/C16H21NO5/c1-11(2)22-15(19)14-8-13(18)9-17(14)16(20)21-10-12-6-4-3-5-7-12/h3-7,11,13-14,18H,8-10H2,1-2H3/t13?,14-/m0/s1. The summed E-state index contributed by atoms with van der Waals surface area (Å²) in [5.74, 6) is -0.511. The van der Waals surface area contributed by atoms with Gasteiger partial charge in [0.2, 0.25) is 0 Å². The minimum Gasteiger partial charge on any atom is -0.461 e. The largest absolute Gasteiger partial charge is 0.461 e. The van der Waals surface area contributed by atoms with Crippen molar-refractivity contribution in [1.29, 1.82) is 0 Å². The van der Waals surface area contributed by atoms with Crippen molar-refractivity contribution in [2.45, 2.75) is 45.1 Å². The van der Waals surface area contributed by atoms with Crippen LogP contribution in [0.4, 0.5) is 4.79 Å². The lowest BCUT2D eigenvalue weighted by Crippen LogP contribution is -2.42. The van der Waals surface area contributed by atoms with E-state index in [1.54, 1.807) is 13.8 Å². The van der Waals surface area contributed by atoms with Crippen molar-refractivity contribution in [2.75, 3.05) is 6.54 Å². The number of esters is 1. The van der Waals surface area contributed by atoms with E-state index in [9.17, 15) is 14.7 Å². The number of benzene rings is 1. The molecule has 1 fully saturated rings. The third kappa shape index (κ3) is 4.21. The van der Waals surface area contributed by atoms with Gasteiger partial charge in [-0.1, -0.05) is 30.3 Å². The van der Waals surface area contributed by atoms with Gasteiger partial charge in [0.25, 0.3) is 0 Å². The molecule has 1 aliphatic rings. The molecule has 1 aromatic carbocycles. The Morgan fingerprint density at radius 1 is 1.32 bits per heavy atom. The smallest absolute Gasteiger partial charge is 0.410 e. The van der Waals surface area contributed by atoms with Crippen molar-refractivity contribution >= 4 is 12.1 Å². The molecular formula is C16H21NO5. The summed E-state index contributed by atoms with van der Waals surface area (Å²) >= 11 is 0. The lowest BCUT2D eigenvalue weighted by Gasteiger charge is -2.23. The zero-order chi connectivity index (χ0) is 16.1. The highest BCUT2D eigenvalue weighted by molar-refractivity contribution is 5.82. The van der Waals surface area contributed by atoms with Gasteiger partial charge in [-0.3, -0.25) is 4.90 Å². The van der Waals surface area contributed by atoms with E-state index in [1.807, 2.05) is 30.3 Å². The number of ether oxygens (including phenoxy) is 2. The SMILES string of the molecule is CC(C)OC(=O)[C@@H]1CC(O)CN1C(=O)OCc1ccccc1. The Labute approximate surface area is 129 Å². The molecular weight excluding hydrogens is 286 g/mol. The minimum atomic E-state index is -0.791. The van der Waals surface area contributed by atoms with Crippen molar-refractivity contribution in [3.05, 3.63) is 35.9 Å². The van der Waals surface area contributed by atoms with Gasteiger partial charge in [-0.25, -0.2) is 9.59 Å². The first kappa shape index (κ1) is 16.3. The monoisotopic (exact) mass is 307 g/mol. The second-order valence-corrected chi connectivity index (χ2v) is 5.58. The van der Waals surface area contributed by atoms with Gasteiger partial charge < -0.3 is 14.6 Å². The molecule has 1 aliphatic heterocycles. The molecule has 0 aromatic heterocycles.